The van der Waals surface area contributed by atoms with Crippen molar-refractivity contribution in [3.05, 3.63) is 29.8 Å². The molecular weight excluding hydrogens is 490 g/mol. The van der Waals surface area contributed by atoms with Crippen molar-refractivity contribution < 1.29 is 34.5 Å². The van der Waals surface area contributed by atoms with Crippen LogP contribution in [0.2, 0.25) is 0 Å². The second-order valence-corrected chi connectivity index (χ2v) is 9.23. The van der Waals surface area contributed by atoms with Crippen LogP contribution in [-0.2, 0) is 25.6 Å². The quantitative estimate of drug-likeness (QED) is 0.112. The zero-order valence-electron chi connectivity index (χ0n) is 20.3. The molecule has 0 aliphatic carbocycles. The first-order valence-corrected chi connectivity index (χ1v) is 13.0. The molecule has 1 aromatic carbocycles. The number of rotatable bonds is 17. The number of phenols is 1. The van der Waals surface area contributed by atoms with Gasteiger partial charge in [0, 0.05) is 0 Å². The van der Waals surface area contributed by atoms with Crippen LogP contribution in [0.1, 0.15) is 31.2 Å². The Hall–Kier alpha value is -2.87. The van der Waals surface area contributed by atoms with E-state index in [1.165, 1.54) is 23.9 Å². The van der Waals surface area contributed by atoms with Crippen molar-refractivity contribution in [1.29, 1.82) is 0 Å². The van der Waals surface area contributed by atoms with Gasteiger partial charge >= 0.3 is 5.97 Å². The molecule has 202 valence electrons. The van der Waals surface area contributed by atoms with Crippen molar-refractivity contribution >= 4 is 35.5 Å². The molecule has 1 aromatic rings. The zero-order chi connectivity index (χ0) is 27.1. The van der Waals surface area contributed by atoms with Gasteiger partial charge in [-0.2, -0.15) is 11.8 Å². The lowest BCUT2D eigenvalue weighted by Crippen LogP contribution is -2.58. The minimum atomic E-state index is -1.41. The molecular formula is C23H37N5O7S. The number of carbonyl (C=O) groups excluding carboxylic acids is 3. The third kappa shape index (κ3) is 11.2. The molecule has 13 heteroatoms. The Kier molecular flexibility index (Phi) is 14.5. The van der Waals surface area contributed by atoms with Crippen LogP contribution in [0.15, 0.2) is 24.3 Å². The average Bonchev–Trinajstić information content (AvgIpc) is 2.85. The van der Waals surface area contributed by atoms with Gasteiger partial charge in [-0.05, 0) is 68.4 Å². The van der Waals surface area contributed by atoms with Gasteiger partial charge in [0.05, 0.1) is 12.6 Å². The fourth-order valence-electron chi connectivity index (χ4n) is 3.25. The van der Waals surface area contributed by atoms with E-state index in [0.29, 0.717) is 25.1 Å². The molecule has 0 radical (unpaired) electrons. The summed E-state index contributed by atoms with van der Waals surface area (Å²) < 4.78 is 0. The number of hydrogen-bond donors (Lipinski definition) is 8. The number of unbranched alkanes of at least 4 members (excludes halogenated alkanes) is 1. The maximum absolute atomic E-state index is 12.9. The van der Waals surface area contributed by atoms with E-state index in [1.54, 1.807) is 12.1 Å². The van der Waals surface area contributed by atoms with Gasteiger partial charge in [-0.15, -0.1) is 0 Å². The molecule has 1 rings (SSSR count). The second-order valence-electron chi connectivity index (χ2n) is 8.25. The van der Waals surface area contributed by atoms with Crippen LogP contribution in [0.3, 0.4) is 0 Å². The SMILES string of the molecule is CSCCC(NC(=O)C(N)Cc1ccc(O)cc1)C(=O)NC(CO)C(=O)NC(CCCCN)C(=O)O. The van der Waals surface area contributed by atoms with E-state index in [2.05, 4.69) is 16.0 Å². The number of nitrogens with one attached hydrogen (secondary N) is 3. The Morgan fingerprint density at radius 1 is 0.917 bits per heavy atom. The number of amides is 3. The Balaban J connectivity index is 2.80. The highest BCUT2D eigenvalue weighted by Crippen LogP contribution is 2.11. The minimum Gasteiger partial charge on any atom is -0.508 e. The summed E-state index contributed by atoms with van der Waals surface area (Å²) in [6, 6.07) is 1.60. The topological polar surface area (TPSA) is 217 Å². The summed E-state index contributed by atoms with van der Waals surface area (Å²) in [5.74, 6) is -2.79. The standard InChI is InChI=1S/C23H37N5O7S/c1-36-11-9-17(26-20(31)16(25)12-14-5-7-15(30)8-6-14)21(32)28-19(13-29)22(33)27-18(23(34)35)4-2-3-10-24/h5-8,16-19,29-30H,2-4,9-13,24-25H2,1H3,(H,26,31)(H,27,33)(H,28,32)(H,34,35). The number of aliphatic carboxylic acids is 1. The maximum Gasteiger partial charge on any atom is 0.326 e. The number of benzene rings is 1. The van der Waals surface area contributed by atoms with Gasteiger partial charge in [0.25, 0.3) is 0 Å². The Labute approximate surface area is 214 Å². The van der Waals surface area contributed by atoms with Crippen LogP contribution in [0.25, 0.3) is 0 Å². The number of thioether (sulfide) groups is 1. The zero-order valence-corrected chi connectivity index (χ0v) is 21.1. The smallest absolute Gasteiger partial charge is 0.326 e. The van der Waals surface area contributed by atoms with Gasteiger partial charge in [0.1, 0.15) is 23.9 Å². The highest BCUT2D eigenvalue weighted by molar-refractivity contribution is 7.98. The largest absolute Gasteiger partial charge is 0.508 e. The summed E-state index contributed by atoms with van der Waals surface area (Å²) in [6.07, 6.45) is 3.46. The molecule has 0 fully saturated rings. The third-order valence-corrected chi connectivity index (χ3v) is 5.99. The summed E-state index contributed by atoms with van der Waals surface area (Å²) in [6.45, 7) is -0.381. The maximum atomic E-state index is 12.9. The second kappa shape index (κ2) is 16.7. The summed E-state index contributed by atoms with van der Waals surface area (Å²) in [5.41, 5.74) is 12.1. The molecule has 0 bridgehead atoms. The fraction of sp³-hybridized carbons (Fsp3) is 0.565. The van der Waals surface area contributed by atoms with E-state index in [-0.39, 0.29) is 25.0 Å². The van der Waals surface area contributed by atoms with E-state index in [1.807, 2.05) is 6.26 Å². The van der Waals surface area contributed by atoms with Crippen molar-refractivity contribution in [1.82, 2.24) is 16.0 Å². The van der Waals surface area contributed by atoms with Crippen LogP contribution in [-0.4, -0.2) is 88.3 Å². The molecule has 4 atom stereocenters. The van der Waals surface area contributed by atoms with Crippen LogP contribution in [0.4, 0.5) is 0 Å². The van der Waals surface area contributed by atoms with Crippen LogP contribution in [0, 0.1) is 0 Å². The van der Waals surface area contributed by atoms with E-state index in [4.69, 9.17) is 11.5 Å². The number of aliphatic hydroxyl groups excluding tert-OH is 1. The first-order valence-electron chi connectivity index (χ1n) is 11.6. The van der Waals surface area contributed by atoms with E-state index >= 15 is 0 Å². The van der Waals surface area contributed by atoms with Crippen molar-refractivity contribution in [3.63, 3.8) is 0 Å². The summed E-state index contributed by atoms with van der Waals surface area (Å²) in [5, 5.41) is 35.7. The van der Waals surface area contributed by atoms with Gasteiger partial charge in [0.2, 0.25) is 17.7 Å². The number of hydrogen-bond acceptors (Lipinski definition) is 9. The lowest BCUT2D eigenvalue weighted by Gasteiger charge is -2.24. The number of carboxylic acid groups (broad SMARTS) is 1. The van der Waals surface area contributed by atoms with Crippen molar-refractivity contribution in [2.24, 2.45) is 11.5 Å². The molecule has 3 amide bonds. The molecule has 0 aliphatic heterocycles. The lowest BCUT2D eigenvalue weighted by atomic mass is 10.0. The van der Waals surface area contributed by atoms with Gasteiger partial charge in [-0.3, -0.25) is 14.4 Å². The molecule has 0 saturated heterocycles. The summed E-state index contributed by atoms with van der Waals surface area (Å²) >= 11 is 1.45. The van der Waals surface area contributed by atoms with Gasteiger partial charge < -0.3 is 42.7 Å². The Bertz CT molecular complexity index is 856. The number of carboxylic acids is 1. The molecule has 0 spiro atoms. The molecule has 10 N–H and O–H groups in total. The number of phenolic OH excluding ortho intramolecular Hbond substituents is 1. The predicted molar refractivity (Wildman–Crippen MR) is 136 cm³/mol. The summed E-state index contributed by atoms with van der Waals surface area (Å²) in [7, 11) is 0. The molecule has 0 aliphatic rings. The van der Waals surface area contributed by atoms with E-state index in [9.17, 15) is 34.5 Å². The number of nitrogens with two attached hydrogens (primary N) is 2. The molecule has 12 nitrogen and oxygen atoms in total. The third-order valence-electron chi connectivity index (χ3n) is 5.35. The highest BCUT2D eigenvalue weighted by Gasteiger charge is 2.29. The Morgan fingerprint density at radius 3 is 2.06 bits per heavy atom. The first-order chi connectivity index (χ1) is 17.1. The lowest BCUT2D eigenvalue weighted by molar-refractivity contribution is -0.142. The fourth-order valence-corrected chi connectivity index (χ4v) is 3.72. The van der Waals surface area contributed by atoms with Crippen LogP contribution < -0.4 is 27.4 Å². The number of carbonyl (C=O) groups is 4. The number of aliphatic hydroxyl groups is 1. The van der Waals surface area contributed by atoms with Crippen LogP contribution in [0.5, 0.6) is 5.75 Å². The van der Waals surface area contributed by atoms with Gasteiger partial charge in [0.15, 0.2) is 0 Å². The molecule has 0 aromatic heterocycles. The molecule has 36 heavy (non-hydrogen) atoms. The van der Waals surface area contributed by atoms with Crippen molar-refractivity contribution in [2.45, 2.75) is 56.3 Å². The highest BCUT2D eigenvalue weighted by atomic mass is 32.2. The normalized spacial score (nSPS) is 14.2. The van der Waals surface area contributed by atoms with Gasteiger partial charge in [-0.25, -0.2) is 4.79 Å². The average molecular weight is 528 g/mol. The molecule has 4 unspecified atom stereocenters. The monoisotopic (exact) mass is 527 g/mol. The van der Waals surface area contributed by atoms with Gasteiger partial charge in [-0.1, -0.05) is 12.1 Å². The summed E-state index contributed by atoms with van der Waals surface area (Å²) in [4.78, 5) is 49.5. The van der Waals surface area contributed by atoms with Crippen molar-refractivity contribution in [2.75, 3.05) is 25.2 Å². The minimum absolute atomic E-state index is 0.0817. The van der Waals surface area contributed by atoms with E-state index < -0.39 is 54.5 Å². The Morgan fingerprint density at radius 2 is 1.50 bits per heavy atom. The predicted octanol–water partition coefficient (Wildman–Crippen LogP) is -1.32. The van der Waals surface area contributed by atoms with Crippen LogP contribution >= 0.6 is 11.8 Å². The first kappa shape index (κ1) is 31.2. The molecule has 0 saturated carbocycles. The van der Waals surface area contributed by atoms with E-state index in [0.717, 1.165) is 5.56 Å². The number of aromatic hydroxyl groups is 1. The van der Waals surface area contributed by atoms with Crippen molar-refractivity contribution in [3.8, 4) is 5.75 Å². The molecule has 0 heterocycles.